The van der Waals surface area contributed by atoms with Crippen molar-refractivity contribution < 1.29 is 0 Å². The van der Waals surface area contributed by atoms with Crippen LogP contribution in [0, 0.1) is 20.8 Å². The van der Waals surface area contributed by atoms with Crippen molar-refractivity contribution in [3.63, 3.8) is 0 Å². The van der Waals surface area contributed by atoms with Crippen molar-refractivity contribution >= 4 is 35.3 Å². The van der Waals surface area contributed by atoms with E-state index in [4.69, 9.17) is 0 Å². The minimum atomic E-state index is 0.164. The van der Waals surface area contributed by atoms with E-state index in [1.807, 2.05) is 35.3 Å². The van der Waals surface area contributed by atoms with Crippen molar-refractivity contribution in [2.24, 2.45) is 0 Å². The second-order valence-corrected chi connectivity index (χ2v) is 15.5. The number of thioether (sulfide) groups is 3. The fourth-order valence-corrected chi connectivity index (χ4v) is 8.25. The Morgan fingerprint density at radius 3 is 2.00 bits per heavy atom. The third-order valence-corrected chi connectivity index (χ3v) is 11.0. The fourth-order valence-electron chi connectivity index (χ4n) is 5.05. The van der Waals surface area contributed by atoms with Crippen LogP contribution in [0.25, 0.3) is 0 Å². The van der Waals surface area contributed by atoms with Crippen LogP contribution >= 0.6 is 35.3 Å². The first-order chi connectivity index (χ1) is 17.8. The summed E-state index contributed by atoms with van der Waals surface area (Å²) in [5.41, 5.74) is 8.94. The summed E-state index contributed by atoms with van der Waals surface area (Å²) in [6, 6.07) is 21.0. The van der Waals surface area contributed by atoms with Gasteiger partial charge in [-0.25, -0.2) is 0 Å². The third kappa shape index (κ3) is 8.12. The molecule has 0 aliphatic heterocycles. The largest absolute Gasteiger partial charge is 0.129 e. The van der Waals surface area contributed by atoms with Gasteiger partial charge in [0.05, 0.1) is 0 Å². The molecule has 0 amide bonds. The van der Waals surface area contributed by atoms with E-state index in [2.05, 4.69) is 123 Å². The number of hydrogen-bond donors (Lipinski definition) is 0. The van der Waals surface area contributed by atoms with Gasteiger partial charge < -0.3 is 0 Å². The summed E-state index contributed by atoms with van der Waals surface area (Å²) in [6.07, 6.45) is 4.50. The number of rotatable bonds is 12. The Balaban J connectivity index is 1.58. The zero-order valence-electron chi connectivity index (χ0n) is 25.3. The molecule has 0 aliphatic carbocycles. The van der Waals surface area contributed by atoms with E-state index in [1.54, 1.807) is 0 Å². The van der Waals surface area contributed by atoms with Crippen molar-refractivity contribution in [1.82, 2.24) is 0 Å². The van der Waals surface area contributed by atoms with E-state index in [9.17, 15) is 0 Å². The first-order valence-electron chi connectivity index (χ1n) is 14.0. The number of hydrogen-bond acceptors (Lipinski definition) is 3. The normalized spacial score (nSPS) is 12.4. The van der Waals surface area contributed by atoms with Crippen LogP contribution in [0.3, 0.4) is 0 Å². The van der Waals surface area contributed by atoms with Crippen LogP contribution < -0.4 is 0 Å². The Hall–Kier alpha value is -1.29. The lowest BCUT2D eigenvalue weighted by molar-refractivity contribution is 0.507. The van der Waals surface area contributed by atoms with Crippen LogP contribution in [0.1, 0.15) is 93.7 Å². The maximum absolute atomic E-state index is 2.44. The molecule has 0 saturated heterocycles. The molecule has 0 spiro atoms. The van der Waals surface area contributed by atoms with Gasteiger partial charge in [-0.3, -0.25) is 0 Å². The molecule has 0 aliphatic rings. The van der Waals surface area contributed by atoms with Crippen LogP contribution in [0.15, 0.2) is 69.3 Å². The molecule has 3 aromatic carbocycles. The molecule has 0 fully saturated rings. The molecule has 0 aromatic heterocycles. The van der Waals surface area contributed by atoms with Gasteiger partial charge >= 0.3 is 0 Å². The summed E-state index contributed by atoms with van der Waals surface area (Å²) < 4.78 is 0. The minimum absolute atomic E-state index is 0.164. The highest BCUT2D eigenvalue weighted by Crippen LogP contribution is 2.37. The van der Waals surface area contributed by atoms with Crippen LogP contribution in [-0.2, 0) is 10.8 Å². The molecule has 0 radical (unpaired) electrons. The van der Waals surface area contributed by atoms with Gasteiger partial charge in [-0.15, -0.1) is 35.3 Å². The summed E-state index contributed by atoms with van der Waals surface area (Å²) in [4.78, 5) is 4.21. The summed E-state index contributed by atoms with van der Waals surface area (Å²) in [6.45, 7) is 20.9. The van der Waals surface area contributed by atoms with Gasteiger partial charge in [0.25, 0.3) is 0 Å². The van der Waals surface area contributed by atoms with Crippen molar-refractivity contribution in [2.75, 3.05) is 17.8 Å². The summed E-state index contributed by atoms with van der Waals surface area (Å²) in [7, 11) is 0. The molecule has 3 rings (SSSR count). The summed E-state index contributed by atoms with van der Waals surface area (Å²) >= 11 is 5.85. The second-order valence-electron chi connectivity index (χ2n) is 12.3. The van der Waals surface area contributed by atoms with Gasteiger partial charge in [-0.05, 0) is 126 Å². The average Bonchev–Trinajstić information content (AvgIpc) is 2.86. The van der Waals surface area contributed by atoms with Crippen LogP contribution in [0.5, 0.6) is 0 Å². The lowest BCUT2D eigenvalue weighted by atomic mass is 9.79. The van der Waals surface area contributed by atoms with Gasteiger partial charge in [-0.2, -0.15) is 0 Å². The maximum Gasteiger partial charge on any atom is 0.0101 e. The van der Waals surface area contributed by atoms with Crippen LogP contribution in [0.2, 0.25) is 0 Å². The molecule has 38 heavy (non-hydrogen) atoms. The topological polar surface area (TPSA) is 0 Å². The SMILES string of the molecule is CSc1cc(C)c(C(C)(C)CCSc2ccc(C(C)(C)CCSc3cccc(C(C)C)c3)cc2C)cc1C. The van der Waals surface area contributed by atoms with Gasteiger partial charge in [0, 0.05) is 14.7 Å². The van der Waals surface area contributed by atoms with E-state index in [0.29, 0.717) is 5.92 Å². The van der Waals surface area contributed by atoms with Crippen molar-refractivity contribution in [3.8, 4) is 0 Å². The molecular formula is C35H48S3. The van der Waals surface area contributed by atoms with Crippen molar-refractivity contribution in [2.45, 2.75) is 107 Å². The average molecular weight is 565 g/mol. The van der Waals surface area contributed by atoms with Crippen LogP contribution in [-0.4, -0.2) is 17.8 Å². The molecule has 0 atom stereocenters. The molecule has 0 unspecified atom stereocenters. The Labute approximate surface area is 246 Å². The zero-order chi connectivity index (χ0) is 28.1. The third-order valence-electron chi connectivity index (χ3n) is 7.93. The van der Waals surface area contributed by atoms with Gasteiger partial charge in [-0.1, -0.05) is 71.9 Å². The molecular weight excluding hydrogens is 517 g/mol. The van der Waals surface area contributed by atoms with Crippen molar-refractivity contribution in [3.05, 3.63) is 88.0 Å². The van der Waals surface area contributed by atoms with E-state index >= 15 is 0 Å². The molecule has 0 bridgehead atoms. The van der Waals surface area contributed by atoms with Gasteiger partial charge in [0.15, 0.2) is 0 Å². The zero-order valence-corrected chi connectivity index (χ0v) is 27.8. The molecule has 0 saturated carbocycles. The van der Waals surface area contributed by atoms with Gasteiger partial charge in [0.2, 0.25) is 0 Å². The predicted molar refractivity (Wildman–Crippen MR) is 176 cm³/mol. The van der Waals surface area contributed by atoms with E-state index in [0.717, 1.165) is 17.9 Å². The smallest absolute Gasteiger partial charge is 0.0101 e. The Kier molecular flexibility index (Phi) is 11.0. The molecule has 3 aromatic rings. The summed E-state index contributed by atoms with van der Waals surface area (Å²) in [5, 5.41) is 0. The first-order valence-corrected chi connectivity index (χ1v) is 17.2. The first kappa shape index (κ1) is 31.2. The number of benzene rings is 3. The highest BCUT2D eigenvalue weighted by atomic mass is 32.2. The molecule has 0 N–H and O–H groups in total. The van der Waals surface area contributed by atoms with E-state index < -0.39 is 0 Å². The highest BCUT2D eigenvalue weighted by Gasteiger charge is 2.24. The van der Waals surface area contributed by atoms with Gasteiger partial charge in [0.1, 0.15) is 0 Å². The Bertz CT molecular complexity index is 1220. The highest BCUT2D eigenvalue weighted by molar-refractivity contribution is 7.99. The molecule has 206 valence electrons. The maximum atomic E-state index is 2.44. The number of aryl methyl sites for hydroxylation is 3. The van der Waals surface area contributed by atoms with E-state index in [1.165, 1.54) is 54.5 Å². The lowest BCUT2D eigenvalue weighted by Crippen LogP contribution is -2.20. The Morgan fingerprint density at radius 1 is 0.684 bits per heavy atom. The van der Waals surface area contributed by atoms with Crippen molar-refractivity contribution in [1.29, 1.82) is 0 Å². The quantitative estimate of drug-likeness (QED) is 0.201. The van der Waals surface area contributed by atoms with Crippen LogP contribution in [0.4, 0.5) is 0 Å². The van der Waals surface area contributed by atoms with E-state index in [-0.39, 0.29) is 10.8 Å². The summed E-state index contributed by atoms with van der Waals surface area (Å²) in [5.74, 6) is 2.85. The minimum Gasteiger partial charge on any atom is -0.129 e. The molecule has 0 nitrogen and oxygen atoms in total. The Morgan fingerprint density at radius 2 is 1.34 bits per heavy atom. The predicted octanol–water partition coefficient (Wildman–Crippen LogP) is 11.4. The second kappa shape index (κ2) is 13.4. The standard InChI is InChI=1S/C35H48S3/c1-24(2)28-12-11-13-30(23-28)37-18-16-34(6,7)29-14-15-32(26(4)20-29)38-19-17-35(8,9)31-21-27(5)33(36-10)22-25(31)3/h11-15,20-24H,16-19H2,1-10H3. The lowest BCUT2D eigenvalue weighted by Gasteiger charge is -2.28. The molecule has 3 heteroatoms. The monoisotopic (exact) mass is 564 g/mol. The fraction of sp³-hybridized carbons (Fsp3) is 0.486. The molecule has 0 heterocycles.